The fraction of sp³-hybridized carbons (Fsp3) is 0.619. The molecule has 0 bridgehead atoms. The fourth-order valence-corrected chi connectivity index (χ4v) is 3.31. The van der Waals surface area contributed by atoms with Crippen LogP contribution in [0.2, 0.25) is 5.02 Å². The second-order valence-corrected chi connectivity index (χ2v) is 7.92. The summed E-state index contributed by atoms with van der Waals surface area (Å²) in [6.45, 7) is 7.76. The number of anilines is 1. The molecule has 1 saturated heterocycles. The minimum Gasteiger partial charge on any atom is -0.379 e. The molecule has 0 aromatic heterocycles. The number of ether oxygens (including phenoxy) is 1. The number of rotatable bonds is 10. The minimum absolute atomic E-state index is 0.00851. The predicted molar refractivity (Wildman–Crippen MR) is 113 cm³/mol. The van der Waals surface area contributed by atoms with Gasteiger partial charge in [-0.25, -0.2) is 0 Å². The Labute approximate surface area is 172 Å². The first-order chi connectivity index (χ1) is 13.4. The molecule has 1 aliphatic rings. The highest BCUT2D eigenvalue weighted by atomic mass is 35.5. The number of hydrogen-bond donors (Lipinski definition) is 2. The maximum Gasteiger partial charge on any atom is 0.225 e. The number of piperidine rings is 1. The van der Waals surface area contributed by atoms with Crippen molar-refractivity contribution in [3.63, 3.8) is 0 Å². The first-order valence-electron chi connectivity index (χ1n) is 10.1. The van der Waals surface area contributed by atoms with Crippen LogP contribution in [0.4, 0.5) is 5.69 Å². The quantitative estimate of drug-likeness (QED) is 0.581. The van der Waals surface area contributed by atoms with Crippen LogP contribution in [-0.2, 0) is 14.3 Å². The number of benzene rings is 1. The Morgan fingerprint density at radius 1 is 1.21 bits per heavy atom. The number of likely N-dealkylation sites (tertiary alicyclic amines) is 1. The Kier molecular flexibility index (Phi) is 9.75. The second-order valence-electron chi connectivity index (χ2n) is 7.49. The Hall–Kier alpha value is -1.63. The normalized spacial score (nSPS) is 15.6. The van der Waals surface area contributed by atoms with E-state index in [4.69, 9.17) is 16.3 Å². The first kappa shape index (κ1) is 22.7. The molecular formula is C21H32ClN3O3. The van der Waals surface area contributed by atoms with E-state index >= 15 is 0 Å². The Morgan fingerprint density at radius 2 is 1.89 bits per heavy atom. The molecule has 1 aromatic carbocycles. The number of carbonyl (C=O) groups excluding carboxylic acids is 2. The van der Waals surface area contributed by atoms with Gasteiger partial charge in [-0.2, -0.15) is 0 Å². The number of amides is 2. The number of carbonyl (C=O) groups is 2. The van der Waals surface area contributed by atoms with E-state index in [1.54, 1.807) is 24.3 Å². The van der Waals surface area contributed by atoms with Crippen molar-refractivity contribution in [2.24, 2.45) is 5.92 Å². The third-order valence-electron chi connectivity index (χ3n) is 4.81. The predicted octanol–water partition coefficient (Wildman–Crippen LogP) is 3.31. The highest BCUT2D eigenvalue weighted by molar-refractivity contribution is 6.30. The molecule has 28 heavy (non-hydrogen) atoms. The summed E-state index contributed by atoms with van der Waals surface area (Å²) < 4.78 is 5.48. The zero-order chi connectivity index (χ0) is 20.4. The highest BCUT2D eigenvalue weighted by Gasteiger charge is 2.24. The van der Waals surface area contributed by atoms with Crippen LogP contribution in [0, 0.1) is 5.92 Å². The van der Waals surface area contributed by atoms with Gasteiger partial charge in [0.1, 0.15) is 0 Å². The van der Waals surface area contributed by atoms with Crippen LogP contribution in [0.15, 0.2) is 24.3 Å². The average Bonchev–Trinajstić information content (AvgIpc) is 2.68. The van der Waals surface area contributed by atoms with E-state index in [2.05, 4.69) is 15.5 Å². The summed E-state index contributed by atoms with van der Waals surface area (Å²) in [5.41, 5.74) is 0.753. The molecule has 2 amide bonds. The summed E-state index contributed by atoms with van der Waals surface area (Å²) in [4.78, 5) is 26.6. The molecule has 2 N–H and O–H groups in total. The van der Waals surface area contributed by atoms with Crippen LogP contribution in [0.3, 0.4) is 0 Å². The molecule has 0 saturated carbocycles. The molecule has 0 spiro atoms. The van der Waals surface area contributed by atoms with Crippen molar-refractivity contribution in [1.29, 1.82) is 0 Å². The average molecular weight is 410 g/mol. The number of nitrogens with zero attached hydrogens (tertiary/aromatic N) is 1. The summed E-state index contributed by atoms with van der Waals surface area (Å²) in [7, 11) is 0. The molecule has 0 unspecified atom stereocenters. The van der Waals surface area contributed by atoms with Gasteiger partial charge in [-0.1, -0.05) is 11.6 Å². The molecule has 0 aliphatic carbocycles. The van der Waals surface area contributed by atoms with Crippen LogP contribution < -0.4 is 10.6 Å². The highest BCUT2D eigenvalue weighted by Crippen LogP contribution is 2.18. The van der Waals surface area contributed by atoms with Gasteiger partial charge in [0.15, 0.2) is 0 Å². The standard InChI is InChI=1S/C21H32ClN3O3/c1-16(2)28-15-3-11-23-21(27)17-8-12-25(13-9-17)14-10-20(26)24-19-6-4-18(22)5-7-19/h4-7,16-17H,3,8-15H2,1-2H3,(H,23,27)(H,24,26). The van der Waals surface area contributed by atoms with E-state index in [-0.39, 0.29) is 23.8 Å². The SMILES string of the molecule is CC(C)OCCCNC(=O)C1CCN(CCC(=O)Nc2ccc(Cl)cc2)CC1. The maximum absolute atomic E-state index is 12.3. The molecular weight excluding hydrogens is 378 g/mol. The van der Waals surface area contributed by atoms with Gasteiger partial charge in [0, 0.05) is 42.7 Å². The summed E-state index contributed by atoms with van der Waals surface area (Å²) in [5, 5.41) is 6.54. The summed E-state index contributed by atoms with van der Waals surface area (Å²) in [6, 6.07) is 7.09. The molecule has 7 heteroatoms. The van der Waals surface area contributed by atoms with Gasteiger partial charge in [-0.05, 0) is 70.5 Å². The lowest BCUT2D eigenvalue weighted by Gasteiger charge is -2.31. The fourth-order valence-electron chi connectivity index (χ4n) is 3.18. The molecule has 156 valence electrons. The van der Waals surface area contributed by atoms with E-state index < -0.39 is 0 Å². The van der Waals surface area contributed by atoms with Gasteiger partial charge in [-0.3, -0.25) is 9.59 Å². The zero-order valence-corrected chi connectivity index (χ0v) is 17.6. The van der Waals surface area contributed by atoms with Gasteiger partial charge in [0.2, 0.25) is 11.8 Å². The number of nitrogens with one attached hydrogen (secondary N) is 2. The molecule has 1 fully saturated rings. The van der Waals surface area contributed by atoms with Crippen molar-refractivity contribution in [3.8, 4) is 0 Å². The lowest BCUT2D eigenvalue weighted by molar-refractivity contribution is -0.126. The van der Waals surface area contributed by atoms with Gasteiger partial charge < -0.3 is 20.3 Å². The van der Waals surface area contributed by atoms with E-state index in [1.165, 1.54) is 0 Å². The smallest absolute Gasteiger partial charge is 0.225 e. The van der Waals surface area contributed by atoms with Gasteiger partial charge in [0.25, 0.3) is 0 Å². The maximum atomic E-state index is 12.3. The van der Waals surface area contributed by atoms with Crippen molar-refractivity contribution < 1.29 is 14.3 Å². The Morgan fingerprint density at radius 3 is 2.54 bits per heavy atom. The number of hydrogen-bond acceptors (Lipinski definition) is 4. The van der Waals surface area contributed by atoms with Crippen LogP contribution in [0.5, 0.6) is 0 Å². The van der Waals surface area contributed by atoms with E-state index in [0.29, 0.717) is 31.1 Å². The summed E-state index contributed by atoms with van der Waals surface area (Å²) in [5.74, 6) is 0.209. The Balaban J connectivity index is 1.58. The van der Waals surface area contributed by atoms with Crippen molar-refractivity contribution in [3.05, 3.63) is 29.3 Å². The third kappa shape index (κ3) is 8.59. The van der Waals surface area contributed by atoms with Crippen LogP contribution in [0.25, 0.3) is 0 Å². The molecule has 6 nitrogen and oxygen atoms in total. The minimum atomic E-state index is -0.00851. The molecule has 0 atom stereocenters. The van der Waals surface area contributed by atoms with Gasteiger partial charge in [-0.15, -0.1) is 0 Å². The van der Waals surface area contributed by atoms with Crippen molar-refractivity contribution in [2.75, 3.05) is 38.1 Å². The summed E-state index contributed by atoms with van der Waals surface area (Å²) in [6.07, 6.45) is 3.19. The van der Waals surface area contributed by atoms with Crippen molar-refractivity contribution in [1.82, 2.24) is 10.2 Å². The monoisotopic (exact) mass is 409 g/mol. The molecule has 1 aromatic rings. The molecule has 1 aliphatic heterocycles. The van der Waals surface area contributed by atoms with E-state index in [9.17, 15) is 9.59 Å². The van der Waals surface area contributed by atoms with Crippen molar-refractivity contribution in [2.45, 2.75) is 45.6 Å². The lowest BCUT2D eigenvalue weighted by atomic mass is 9.96. The van der Waals surface area contributed by atoms with Gasteiger partial charge >= 0.3 is 0 Å². The molecule has 2 rings (SSSR count). The zero-order valence-electron chi connectivity index (χ0n) is 16.9. The van der Waals surface area contributed by atoms with E-state index in [1.807, 2.05) is 13.8 Å². The van der Waals surface area contributed by atoms with Crippen LogP contribution in [0.1, 0.15) is 39.5 Å². The largest absolute Gasteiger partial charge is 0.379 e. The molecule has 1 heterocycles. The second kappa shape index (κ2) is 12.0. The number of halogens is 1. The van der Waals surface area contributed by atoms with Gasteiger partial charge in [0.05, 0.1) is 6.10 Å². The topological polar surface area (TPSA) is 70.7 Å². The first-order valence-corrected chi connectivity index (χ1v) is 10.5. The summed E-state index contributed by atoms with van der Waals surface area (Å²) >= 11 is 5.84. The van der Waals surface area contributed by atoms with Crippen molar-refractivity contribution >= 4 is 29.1 Å². The van der Waals surface area contributed by atoms with Crippen LogP contribution in [-0.4, -0.2) is 55.6 Å². The van der Waals surface area contributed by atoms with E-state index in [0.717, 1.165) is 38.0 Å². The Bertz CT molecular complexity index is 614. The lowest BCUT2D eigenvalue weighted by Crippen LogP contribution is -2.41. The van der Waals surface area contributed by atoms with Crippen LogP contribution >= 0.6 is 11.6 Å². The third-order valence-corrected chi connectivity index (χ3v) is 5.06. The molecule has 0 radical (unpaired) electrons.